The van der Waals surface area contributed by atoms with Gasteiger partial charge in [0.25, 0.3) is 5.56 Å². The molecule has 23 heavy (non-hydrogen) atoms. The molecule has 0 aliphatic rings. The number of aryl methyl sites for hydroxylation is 1. The first kappa shape index (κ1) is 15.3. The maximum Gasteiger partial charge on any atom is 0.268 e. The van der Waals surface area contributed by atoms with Crippen molar-refractivity contribution in [1.29, 1.82) is 0 Å². The van der Waals surface area contributed by atoms with Crippen LogP contribution in [0.4, 0.5) is 8.78 Å². The van der Waals surface area contributed by atoms with Crippen LogP contribution in [-0.4, -0.2) is 16.1 Å². The number of halogens is 2. The Morgan fingerprint density at radius 2 is 1.91 bits per heavy atom. The molecule has 1 heterocycles. The second-order valence-electron chi connectivity index (χ2n) is 5.17. The number of nitrogens with two attached hydrogens (primary N) is 1. The Bertz CT molecular complexity index is 921. The summed E-state index contributed by atoms with van der Waals surface area (Å²) in [4.78, 5) is 17.2. The molecule has 6 heteroatoms. The van der Waals surface area contributed by atoms with Gasteiger partial charge in [0, 0.05) is 6.42 Å². The van der Waals surface area contributed by atoms with Crippen LogP contribution in [0.2, 0.25) is 0 Å². The van der Waals surface area contributed by atoms with Crippen molar-refractivity contribution in [2.75, 3.05) is 6.54 Å². The first-order chi connectivity index (χ1) is 11.1. The molecular formula is C17H15F2N3O. The van der Waals surface area contributed by atoms with Gasteiger partial charge < -0.3 is 5.73 Å². The first-order valence-electron chi connectivity index (χ1n) is 7.28. The van der Waals surface area contributed by atoms with Crippen LogP contribution in [-0.2, 0) is 6.42 Å². The highest BCUT2D eigenvalue weighted by Gasteiger charge is 2.15. The minimum Gasteiger partial charge on any atom is -0.330 e. The lowest BCUT2D eigenvalue weighted by molar-refractivity contribution is 0.624. The average molecular weight is 315 g/mol. The van der Waals surface area contributed by atoms with Crippen LogP contribution in [0.1, 0.15) is 12.2 Å². The predicted molar refractivity (Wildman–Crippen MR) is 84.6 cm³/mol. The summed E-state index contributed by atoms with van der Waals surface area (Å²) in [5, 5.41) is -0.103. The Morgan fingerprint density at radius 1 is 1.13 bits per heavy atom. The SMILES string of the molecule is NCCCc1nc2cccc(F)c2c(=O)n1-c1cccc(F)c1. The molecule has 2 aromatic carbocycles. The minimum atomic E-state index is -0.643. The highest BCUT2D eigenvalue weighted by Crippen LogP contribution is 2.17. The van der Waals surface area contributed by atoms with Gasteiger partial charge in [-0.05, 0) is 43.3 Å². The summed E-state index contributed by atoms with van der Waals surface area (Å²) in [5.41, 5.74) is 5.58. The Balaban J connectivity index is 2.34. The molecule has 0 saturated carbocycles. The average Bonchev–Trinajstić information content (AvgIpc) is 2.52. The van der Waals surface area contributed by atoms with Crippen molar-refractivity contribution in [3.63, 3.8) is 0 Å². The molecule has 0 saturated heterocycles. The van der Waals surface area contributed by atoms with Crippen LogP contribution in [0.25, 0.3) is 16.6 Å². The van der Waals surface area contributed by atoms with Crippen molar-refractivity contribution in [2.24, 2.45) is 5.73 Å². The van der Waals surface area contributed by atoms with Gasteiger partial charge in [0.05, 0.1) is 11.2 Å². The Hall–Kier alpha value is -2.60. The number of benzene rings is 2. The molecule has 118 valence electrons. The molecule has 2 N–H and O–H groups in total. The second kappa shape index (κ2) is 6.26. The quantitative estimate of drug-likeness (QED) is 0.805. The van der Waals surface area contributed by atoms with Crippen LogP contribution in [0.3, 0.4) is 0 Å². The lowest BCUT2D eigenvalue weighted by atomic mass is 10.2. The highest BCUT2D eigenvalue weighted by molar-refractivity contribution is 5.78. The molecule has 0 amide bonds. The fourth-order valence-electron chi connectivity index (χ4n) is 2.55. The maximum atomic E-state index is 14.1. The third-order valence-corrected chi connectivity index (χ3v) is 3.59. The van der Waals surface area contributed by atoms with Crippen molar-refractivity contribution >= 4 is 10.9 Å². The zero-order valence-corrected chi connectivity index (χ0v) is 12.3. The lowest BCUT2D eigenvalue weighted by Crippen LogP contribution is -2.25. The summed E-state index contributed by atoms with van der Waals surface area (Å²) in [6, 6.07) is 9.89. The maximum absolute atomic E-state index is 14.1. The summed E-state index contributed by atoms with van der Waals surface area (Å²) >= 11 is 0. The summed E-state index contributed by atoms with van der Waals surface area (Å²) in [7, 11) is 0. The van der Waals surface area contributed by atoms with Crippen LogP contribution in [0.5, 0.6) is 0 Å². The zero-order valence-electron chi connectivity index (χ0n) is 12.3. The van der Waals surface area contributed by atoms with Gasteiger partial charge >= 0.3 is 0 Å². The molecule has 0 aliphatic carbocycles. The summed E-state index contributed by atoms with van der Waals surface area (Å²) < 4.78 is 28.8. The highest BCUT2D eigenvalue weighted by atomic mass is 19.1. The van der Waals surface area contributed by atoms with Gasteiger partial charge in [-0.2, -0.15) is 0 Å². The molecule has 1 aromatic heterocycles. The van der Waals surface area contributed by atoms with E-state index in [-0.39, 0.29) is 10.9 Å². The number of hydrogen-bond acceptors (Lipinski definition) is 3. The number of hydrogen-bond donors (Lipinski definition) is 1. The topological polar surface area (TPSA) is 60.9 Å². The van der Waals surface area contributed by atoms with E-state index in [2.05, 4.69) is 4.98 Å². The Kier molecular flexibility index (Phi) is 4.16. The van der Waals surface area contributed by atoms with Crippen LogP contribution >= 0.6 is 0 Å². The number of nitrogens with zero attached hydrogens (tertiary/aromatic N) is 2. The Morgan fingerprint density at radius 3 is 2.65 bits per heavy atom. The van der Waals surface area contributed by atoms with Crippen molar-refractivity contribution in [3.05, 3.63) is 70.3 Å². The van der Waals surface area contributed by atoms with Crippen LogP contribution in [0.15, 0.2) is 47.3 Å². The summed E-state index contributed by atoms with van der Waals surface area (Å²) in [5.74, 6) is -0.688. The Labute approximate surface area is 131 Å². The minimum absolute atomic E-state index is 0.103. The van der Waals surface area contributed by atoms with Gasteiger partial charge in [-0.1, -0.05) is 12.1 Å². The van der Waals surface area contributed by atoms with Crippen LogP contribution in [0, 0.1) is 11.6 Å². The van der Waals surface area contributed by atoms with Crippen LogP contribution < -0.4 is 11.3 Å². The molecule has 4 nitrogen and oxygen atoms in total. The molecule has 0 fully saturated rings. The normalized spacial score (nSPS) is 11.1. The van der Waals surface area contributed by atoms with Gasteiger partial charge in [0.1, 0.15) is 22.8 Å². The van der Waals surface area contributed by atoms with Crippen molar-refractivity contribution < 1.29 is 8.78 Å². The summed E-state index contributed by atoms with van der Waals surface area (Å²) in [6.45, 7) is 0.431. The number of aromatic nitrogens is 2. The van der Waals surface area contributed by atoms with E-state index >= 15 is 0 Å². The van der Waals surface area contributed by atoms with Crippen molar-refractivity contribution in [3.8, 4) is 5.69 Å². The van der Waals surface area contributed by atoms with Gasteiger partial charge in [-0.15, -0.1) is 0 Å². The molecule has 3 rings (SSSR count). The van der Waals surface area contributed by atoms with E-state index in [1.807, 2.05) is 0 Å². The monoisotopic (exact) mass is 315 g/mol. The molecule has 3 aromatic rings. The lowest BCUT2D eigenvalue weighted by Gasteiger charge is -2.13. The van der Waals surface area contributed by atoms with E-state index < -0.39 is 17.2 Å². The largest absolute Gasteiger partial charge is 0.330 e. The van der Waals surface area contributed by atoms with E-state index in [1.165, 1.54) is 34.9 Å². The molecule has 0 unspecified atom stereocenters. The number of rotatable bonds is 4. The van der Waals surface area contributed by atoms with Gasteiger partial charge in [-0.3, -0.25) is 9.36 Å². The molecule has 0 bridgehead atoms. The van der Waals surface area contributed by atoms with Gasteiger partial charge in [0.15, 0.2) is 0 Å². The molecular weight excluding hydrogens is 300 g/mol. The smallest absolute Gasteiger partial charge is 0.268 e. The number of fused-ring (bicyclic) bond motifs is 1. The van der Waals surface area contributed by atoms with Crippen molar-refractivity contribution in [1.82, 2.24) is 9.55 Å². The standard InChI is InChI=1S/C17H15F2N3O/c18-11-4-1-5-12(10-11)22-15(8-3-9-20)21-14-7-2-6-13(19)16(14)17(22)23/h1-2,4-7,10H,3,8-9,20H2. The van der Waals surface area contributed by atoms with Gasteiger partial charge in [-0.25, -0.2) is 13.8 Å². The van der Waals surface area contributed by atoms with E-state index in [9.17, 15) is 13.6 Å². The zero-order chi connectivity index (χ0) is 16.4. The molecule has 0 spiro atoms. The van der Waals surface area contributed by atoms with E-state index in [0.29, 0.717) is 30.9 Å². The summed E-state index contributed by atoms with van der Waals surface area (Å²) in [6.07, 6.45) is 1.05. The third kappa shape index (κ3) is 2.85. The van der Waals surface area contributed by atoms with E-state index in [4.69, 9.17) is 5.73 Å². The third-order valence-electron chi connectivity index (χ3n) is 3.59. The van der Waals surface area contributed by atoms with E-state index in [0.717, 1.165) is 0 Å². The van der Waals surface area contributed by atoms with Gasteiger partial charge in [0.2, 0.25) is 0 Å². The molecule has 0 radical (unpaired) electrons. The fourth-order valence-corrected chi connectivity index (χ4v) is 2.55. The van der Waals surface area contributed by atoms with E-state index in [1.54, 1.807) is 12.1 Å². The predicted octanol–water partition coefficient (Wildman–Crippen LogP) is 2.56. The molecule has 0 atom stereocenters. The van der Waals surface area contributed by atoms with Crippen molar-refractivity contribution in [2.45, 2.75) is 12.8 Å². The first-order valence-corrected chi connectivity index (χ1v) is 7.28. The fraction of sp³-hybridized carbons (Fsp3) is 0.176. The second-order valence-corrected chi connectivity index (χ2v) is 5.17. The molecule has 0 aliphatic heterocycles.